The third-order valence-corrected chi connectivity index (χ3v) is 18.7. The van der Waals surface area contributed by atoms with Crippen LogP contribution in [-0.2, 0) is 9.31 Å². The van der Waals surface area contributed by atoms with E-state index >= 15 is 13.2 Å². The fourth-order valence-electron chi connectivity index (χ4n) is 12.8. The van der Waals surface area contributed by atoms with Crippen LogP contribution in [0.2, 0.25) is 0 Å². The van der Waals surface area contributed by atoms with Crippen LogP contribution < -0.4 is 5.46 Å². The molecule has 12 heteroatoms. The quantitative estimate of drug-likeness (QED) is 0.0850. The van der Waals surface area contributed by atoms with Gasteiger partial charge in [-0.2, -0.15) is 0 Å². The van der Waals surface area contributed by atoms with Gasteiger partial charge in [0.2, 0.25) is 0 Å². The number of pyridine rings is 3. The van der Waals surface area contributed by atoms with Gasteiger partial charge in [-0.15, -0.1) is 0 Å². The van der Waals surface area contributed by atoms with Crippen molar-refractivity contribution in [3.8, 4) is 134 Å². The second kappa shape index (κ2) is 25.2. The van der Waals surface area contributed by atoms with Crippen LogP contribution in [0.25, 0.3) is 134 Å². The molecule has 1 fully saturated rings. The zero-order valence-electron chi connectivity index (χ0n) is 53.7. The number of halogens is 6. The van der Waals surface area contributed by atoms with Crippen LogP contribution in [0.15, 0.2) is 249 Å². The van der Waals surface area contributed by atoms with Gasteiger partial charge in [0.25, 0.3) is 0 Å². The highest BCUT2D eigenvalue weighted by Crippen LogP contribution is 2.45. The number of hydrogen-bond acceptors (Lipinski definition) is 5. The number of aryl methyl sites for hydroxylation is 3. The van der Waals surface area contributed by atoms with Gasteiger partial charge in [0.15, 0.2) is 0 Å². The predicted octanol–water partition coefficient (Wildman–Crippen LogP) is 21.9. The molecule has 1 saturated heterocycles. The molecule has 13 aromatic rings. The topological polar surface area (TPSA) is 57.1 Å². The molecular weight excluding hydrogens is 1210 g/mol. The monoisotopic (exact) mass is 1270 g/mol. The molecule has 0 atom stereocenters. The molecule has 0 bridgehead atoms. The Kier molecular flexibility index (Phi) is 16.4. The fraction of sp³-hybridized carbons (Fsp3) is 0.107. The van der Waals surface area contributed by atoms with Gasteiger partial charge in [0.05, 0.1) is 28.3 Å². The average Bonchev–Trinajstić information content (AvgIpc) is 1.19. The van der Waals surface area contributed by atoms with E-state index in [1.807, 2.05) is 152 Å². The van der Waals surface area contributed by atoms with E-state index in [2.05, 4.69) is 0 Å². The van der Waals surface area contributed by atoms with Crippen LogP contribution in [0.5, 0.6) is 0 Å². The van der Waals surface area contributed by atoms with Crippen molar-refractivity contribution in [3.63, 3.8) is 0 Å². The van der Waals surface area contributed by atoms with Crippen LogP contribution in [-0.4, -0.2) is 33.3 Å². The van der Waals surface area contributed by atoms with Crippen molar-refractivity contribution in [1.29, 1.82) is 0 Å². The Morgan fingerprint density at radius 1 is 0.250 bits per heavy atom. The average molecular weight is 1270 g/mol. The first-order valence-corrected chi connectivity index (χ1v) is 31.6. The van der Waals surface area contributed by atoms with Gasteiger partial charge < -0.3 is 9.31 Å². The van der Waals surface area contributed by atoms with Crippen LogP contribution >= 0.6 is 0 Å². The van der Waals surface area contributed by atoms with Crippen molar-refractivity contribution >= 4 is 12.6 Å². The summed E-state index contributed by atoms with van der Waals surface area (Å²) in [7, 11) is -0.912. The van der Waals surface area contributed by atoms with Crippen LogP contribution in [0, 0.1) is 55.7 Å². The van der Waals surface area contributed by atoms with Gasteiger partial charge in [-0.05, 0) is 269 Å². The van der Waals surface area contributed by atoms with Crippen LogP contribution in [0.1, 0.15) is 44.4 Å². The first-order chi connectivity index (χ1) is 46.2. The van der Waals surface area contributed by atoms with E-state index in [-0.39, 0.29) is 17.5 Å². The number of aromatic nitrogens is 3. The molecule has 0 radical (unpaired) electrons. The minimum Gasteiger partial charge on any atom is -0.399 e. The van der Waals surface area contributed by atoms with E-state index in [9.17, 15) is 13.2 Å². The molecule has 1 aliphatic heterocycles. The molecule has 0 N–H and O–H groups in total. The molecule has 96 heavy (non-hydrogen) atoms. The molecule has 0 spiro atoms. The second-order valence-electron chi connectivity index (χ2n) is 25.6. The maximum atomic E-state index is 16.5. The lowest BCUT2D eigenvalue weighted by molar-refractivity contribution is 0.00578. The highest BCUT2D eigenvalue weighted by Gasteiger charge is 2.52. The maximum absolute atomic E-state index is 16.5. The summed E-state index contributed by atoms with van der Waals surface area (Å²) in [5.41, 5.74) is 19.5. The Labute approximate surface area is 554 Å². The van der Waals surface area contributed by atoms with Gasteiger partial charge in [0, 0.05) is 46.4 Å². The Morgan fingerprint density at radius 3 is 0.875 bits per heavy atom. The molecule has 10 aromatic carbocycles. The Bertz CT molecular complexity index is 4930. The first kappa shape index (κ1) is 62.7. The molecule has 5 nitrogen and oxygen atoms in total. The smallest absolute Gasteiger partial charge is 0.399 e. The van der Waals surface area contributed by atoms with Crippen LogP contribution in [0.3, 0.4) is 0 Å². The largest absolute Gasteiger partial charge is 0.495 e. The molecule has 14 rings (SSSR count). The molecule has 470 valence electrons. The summed E-state index contributed by atoms with van der Waals surface area (Å²) in [5, 5.41) is 0. The summed E-state index contributed by atoms with van der Waals surface area (Å²) in [6, 6.07) is 66.6. The Balaban J connectivity index is 0.913. The normalized spacial score (nSPS) is 13.3. The van der Waals surface area contributed by atoms with Crippen molar-refractivity contribution in [1.82, 2.24) is 15.0 Å². The molecule has 4 heterocycles. The van der Waals surface area contributed by atoms with Gasteiger partial charge in [-0.3, -0.25) is 15.0 Å². The van der Waals surface area contributed by atoms with Gasteiger partial charge >= 0.3 is 7.12 Å². The molecule has 1 aliphatic rings. The number of nitrogens with zero attached hydrogens (tertiary/aromatic N) is 3. The van der Waals surface area contributed by atoms with Crippen LogP contribution in [0.4, 0.5) is 26.3 Å². The molecular formula is C84H62BF6N3O2. The summed E-state index contributed by atoms with van der Waals surface area (Å²) in [4.78, 5) is 14.5. The Morgan fingerprint density at radius 2 is 0.521 bits per heavy atom. The lowest BCUT2D eigenvalue weighted by Gasteiger charge is -2.32. The minimum atomic E-state index is -0.912. The highest BCUT2D eigenvalue weighted by atomic mass is 19.1. The third kappa shape index (κ3) is 12.4. The third-order valence-electron chi connectivity index (χ3n) is 18.7. The van der Waals surface area contributed by atoms with E-state index in [4.69, 9.17) is 24.3 Å². The number of rotatable bonds is 13. The first-order valence-electron chi connectivity index (χ1n) is 31.6. The van der Waals surface area contributed by atoms with E-state index in [1.54, 1.807) is 73.2 Å². The highest BCUT2D eigenvalue weighted by molar-refractivity contribution is 6.64. The molecule has 0 aliphatic carbocycles. The van der Waals surface area contributed by atoms with Gasteiger partial charge in [-0.25, -0.2) is 26.3 Å². The summed E-state index contributed by atoms with van der Waals surface area (Å²) in [6.45, 7) is 13.9. The van der Waals surface area contributed by atoms with Gasteiger partial charge in [-0.1, -0.05) is 121 Å². The summed E-state index contributed by atoms with van der Waals surface area (Å²) >= 11 is 0. The van der Waals surface area contributed by atoms with E-state index < -0.39 is 35.8 Å². The molecule has 0 unspecified atom stereocenters. The maximum Gasteiger partial charge on any atom is 0.495 e. The summed E-state index contributed by atoms with van der Waals surface area (Å²) in [5.74, 6) is -2.35. The zero-order valence-corrected chi connectivity index (χ0v) is 53.7. The molecule has 3 aromatic heterocycles. The lowest BCUT2D eigenvalue weighted by atomic mass is 9.72. The van der Waals surface area contributed by atoms with E-state index in [0.29, 0.717) is 66.8 Å². The van der Waals surface area contributed by atoms with E-state index in [1.165, 1.54) is 72.8 Å². The van der Waals surface area contributed by atoms with E-state index in [0.717, 1.165) is 89.3 Å². The predicted molar refractivity (Wildman–Crippen MR) is 375 cm³/mol. The second-order valence-corrected chi connectivity index (χ2v) is 25.6. The zero-order chi connectivity index (χ0) is 66.7. The SMILES string of the molecule is Cc1cc(-c2ccc(-c3cc(F)ccc3-c3cc(-c4ccc(F)cc4-c4ccc(-c5cc(C)c(-c6ccc(F)cc6)cn5)cc4)cc(-c4ccc(F)cc4-c4ccc(-c5cc(C)c(-c6ccc(F)cc6)cn5)cc4B4OC(C)(C)C(C)(C)O4)c3)cc2)ncc1-c1ccc(F)cc1. The summed E-state index contributed by atoms with van der Waals surface area (Å²) < 4.78 is 104. The number of benzene rings is 10. The molecule has 0 saturated carbocycles. The van der Waals surface area contributed by atoms with Gasteiger partial charge in [0.1, 0.15) is 34.9 Å². The van der Waals surface area contributed by atoms with Crippen molar-refractivity contribution in [2.45, 2.75) is 59.7 Å². The number of hydrogen-bond donors (Lipinski definition) is 0. The standard InChI is InChI=1S/C84H62BF6N3O2/c1-49-36-80(92-46-76(49)54-16-23-63(86)24-17-54)57-12-8-52(9-13-57)73-43-66(89)29-33-69(73)60-39-61(70-34-30-67(90)44-74(70)53-10-14-58(15-11-53)81-37-50(2)77(47-93-81)55-18-25-64(87)26-19-55)41-62(40-60)71-35-31-68(91)45-75(71)72-32-22-59(42-79(72)85-95-83(4,5)84(6,7)96-85)82-38-51(3)78(48-94-82)56-20-27-65(88)28-21-56/h8-48H,1-7H3. The van der Waals surface area contributed by atoms with Crippen molar-refractivity contribution in [3.05, 3.63) is 301 Å². The lowest BCUT2D eigenvalue weighted by Crippen LogP contribution is -2.41. The fourth-order valence-corrected chi connectivity index (χ4v) is 12.8. The Hall–Kier alpha value is -10.8. The van der Waals surface area contributed by atoms with Crippen molar-refractivity contribution < 1.29 is 35.7 Å². The minimum absolute atomic E-state index is 0.318. The van der Waals surface area contributed by atoms with Crippen molar-refractivity contribution in [2.75, 3.05) is 0 Å². The van der Waals surface area contributed by atoms with Crippen molar-refractivity contribution in [2.24, 2.45) is 0 Å². The summed E-state index contributed by atoms with van der Waals surface area (Å²) in [6.07, 6.45) is 5.36. The molecule has 0 amide bonds.